The van der Waals surface area contributed by atoms with Gasteiger partial charge in [0.05, 0.1) is 6.54 Å². The quantitative estimate of drug-likeness (QED) is 0.755. The fraction of sp³-hybridized carbons (Fsp3) is 0.222. The molecule has 0 radical (unpaired) electrons. The zero-order valence-corrected chi connectivity index (χ0v) is 13.9. The van der Waals surface area contributed by atoms with Gasteiger partial charge in [0.2, 0.25) is 0 Å². The third-order valence-electron chi connectivity index (χ3n) is 3.58. The van der Waals surface area contributed by atoms with Gasteiger partial charge in [-0.2, -0.15) is 0 Å². The summed E-state index contributed by atoms with van der Waals surface area (Å²) in [5, 5.41) is 3.00. The van der Waals surface area contributed by atoms with E-state index in [1.165, 1.54) is 12.1 Å². The van der Waals surface area contributed by atoms with Crippen LogP contribution in [0.25, 0.3) is 0 Å². The van der Waals surface area contributed by atoms with E-state index in [0.29, 0.717) is 5.56 Å². The van der Waals surface area contributed by atoms with Crippen molar-refractivity contribution in [3.05, 3.63) is 64.5 Å². The van der Waals surface area contributed by atoms with Crippen LogP contribution in [0.4, 0.5) is 10.1 Å². The second kappa shape index (κ2) is 7.59. The number of halogens is 1. The fourth-order valence-corrected chi connectivity index (χ4v) is 2.26. The summed E-state index contributed by atoms with van der Waals surface area (Å²) in [7, 11) is 0. The monoisotopic (exact) mass is 329 g/mol. The maximum Gasteiger partial charge on any atom is 0.270 e. The number of hydrazine groups is 1. The van der Waals surface area contributed by atoms with Gasteiger partial charge in [0.25, 0.3) is 11.8 Å². The third-order valence-corrected chi connectivity index (χ3v) is 3.58. The highest BCUT2D eigenvalue weighted by molar-refractivity contribution is 5.96. The molecule has 0 aliphatic rings. The van der Waals surface area contributed by atoms with E-state index in [1.807, 2.05) is 32.0 Å². The number of nitrogens with one attached hydrogen (secondary N) is 3. The molecule has 0 atom stereocenters. The Morgan fingerprint density at radius 1 is 0.958 bits per heavy atom. The lowest BCUT2D eigenvalue weighted by molar-refractivity contribution is -0.120. The predicted octanol–water partition coefficient (Wildman–Crippen LogP) is 2.62. The van der Waals surface area contributed by atoms with Crippen LogP contribution >= 0.6 is 0 Å². The molecule has 0 unspecified atom stereocenters. The van der Waals surface area contributed by atoms with E-state index in [1.54, 1.807) is 6.92 Å². The van der Waals surface area contributed by atoms with Crippen LogP contribution in [-0.4, -0.2) is 18.4 Å². The number of hydrogen-bond acceptors (Lipinski definition) is 3. The van der Waals surface area contributed by atoms with E-state index in [2.05, 4.69) is 16.2 Å². The molecule has 2 aromatic carbocycles. The van der Waals surface area contributed by atoms with Crippen molar-refractivity contribution in [1.82, 2.24) is 10.9 Å². The summed E-state index contributed by atoms with van der Waals surface area (Å²) in [6.07, 6.45) is 0. The predicted molar refractivity (Wildman–Crippen MR) is 91.2 cm³/mol. The lowest BCUT2D eigenvalue weighted by Gasteiger charge is -2.12. The molecule has 5 nitrogen and oxygen atoms in total. The van der Waals surface area contributed by atoms with Crippen molar-refractivity contribution in [3.63, 3.8) is 0 Å². The maximum atomic E-state index is 13.2. The zero-order valence-electron chi connectivity index (χ0n) is 13.9. The summed E-state index contributed by atoms with van der Waals surface area (Å²) < 4.78 is 13.2. The second-order valence-corrected chi connectivity index (χ2v) is 5.63. The molecule has 0 fully saturated rings. The minimum Gasteiger partial charge on any atom is -0.376 e. The lowest BCUT2D eigenvalue weighted by atomic mass is 10.1. The zero-order chi connectivity index (χ0) is 17.7. The van der Waals surface area contributed by atoms with Crippen molar-refractivity contribution < 1.29 is 14.0 Å². The van der Waals surface area contributed by atoms with Gasteiger partial charge in [-0.3, -0.25) is 20.4 Å². The van der Waals surface area contributed by atoms with Gasteiger partial charge in [-0.05, 0) is 50.1 Å². The summed E-state index contributed by atoms with van der Waals surface area (Å²) in [5.41, 5.74) is 8.41. The molecule has 0 aliphatic heterocycles. The molecule has 24 heavy (non-hydrogen) atoms. The number of aryl methyl sites for hydroxylation is 3. The maximum absolute atomic E-state index is 13.2. The largest absolute Gasteiger partial charge is 0.376 e. The SMILES string of the molecule is Cc1ccc(NCC(=O)NNC(=O)c2cc(F)ccc2C)c(C)c1. The van der Waals surface area contributed by atoms with Crippen molar-refractivity contribution in [2.75, 3.05) is 11.9 Å². The Kier molecular flexibility index (Phi) is 5.52. The van der Waals surface area contributed by atoms with Crippen molar-refractivity contribution in [1.29, 1.82) is 0 Å². The molecule has 0 spiro atoms. The molecule has 0 heterocycles. The molecule has 0 bridgehead atoms. The number of hydrogen-bond donors (Lipinski definition) is 3. The number of amides is 2. The molecule has 0 aromatic heterocycles. The number of anilines is 1. The molecule has 2 amide bonds. The highest BCUT2D eigenvalue weighted by Gasteiger charge is 2.11. The molecule has 2 rings (SSSR count). The van der Waals surface area contributed by atoms with E-state index >= 15 is 0 Å². The highest BCUT2D eigenvalue weighted by Crippen LogP contribution is 2.15. The van der Waals surface area contributed by atoms with Crippen molar-refractivity contribution in [2.24, 2.45) is 0 Å². The number of carbonyl (C=O) groups is 2. The van der Waals surface area contributed by atoms with Gasteiger partial charge < -0.3 is 5.32 Å². The van der Waals surface area contributed by atoms with Gasteiger partial charge in [-0.1, -0.05) is 23.8 Å². The van der Waals surface area contributed by atoms with Gasteiger partial charge in [0.1, 0.15) is 5.82 Å². The molecule has 0 saturated heterocycles. The molecule has 126 valence electrons. The van der Waals surface area contributed by atoms with Crippen LogP contribution in [0.3, 0.4) is 0 Å². The Balaban J connectivity index is 1.86. The average Bonchev–Trinajstić information content (AvgIpc) is 2.54. The highest BCUT2D eigenvalue weighted by atomic mass is 19.1. The summed E-state index contributed by atoms with van der Waals surface area (Å²) in [5.74, 6) is -1.47. The molecule has 0 aliphatic carbocycles. The molecule has 0 saturated carbocycles. The fourth-order valence-electron chi connectivity index (χ4n) is 2.26. The average molecular weight is 329 g/mol. The standard InChI is InChI=1S/C18H20FN3O2/c1-11-4-7-16(13(3)8-11)20-10-17(23)21-22-18(24)15-9-14(19)6-5-12(15)2/h4-9,20H,10H2,1-3H3,(H,21,23)(H,22,24). The number of carbonyl (C=O) groups excluding carboxylic acids is 2. The van der Waals surface area contributed by atoms with Crippen LogP contribution in [0.5, 0.6) is 0 Å². The first-order valence-corrected chi connectivity index (χ1v) is 7.53. The summed E-state index contributed by atoms with van der Waals surface area (Å²) in [4.78, 5) is 23.8. The Morgan fingerprint density at radius 3 is 2.42 bits per heavy atom. The number of benzene rings is 2. The lowest BCUT2D eigenvalue weighted by Crippen LogP contribution is -2.44. The Hall–Kier alpha value is -2.89. The summed E-state index contributed by atoms with van der Waals surface area (Å²) in [6, 6.07) is 9.76. The Bertz CT molecular complexity index is 775. The van der Waals surface area contributed by atoms with Crippen LogP contribution in [0.1, 0.15) is 27.0 Å². The van der Waals surface area contributed by atoms with Crippen molar-refractivity contribution in [2.45, 2.75) is 20.8 Å². The number of rotatable bonds is 4. The topological polar surface area (TPSA) is 70.2 Å². The Labute approximate surface area is 140 Å². The van der Waals surface area contributed by atoms with Gasteiger partial charge in [-0.25, -0.2) is 4.39 Å². The van der Waals surface area contributed by atoms with E-state index in [0.717, 1.165) is 22.9 Å². The molecule has 2 aromatic rings. The minimum absolute atomic E-state index is 0.00626. The van der Waals surface area contributed by atoms with Gasteiger partial charge >= 0.3 is 0 Å². The van der Waals surface area contributed by atoms with E-state index in [4.69, 9.17) is 0 Å². The van der Waals surface area contributed by atoms with Crippen LogP contribution in [-0.2, 0) is 4.79 Å². The minimum atomic E-state index is -0.563. The summed E-state index contributed by atoms with van der Waals surface area (Å²) in [6.45, 7) is 5.64. The third kappa shape index (κ3) is 4.55. The van der Waals surface area contributed by atoms with Crippen LogP contribution in [0.15, 0.2) is 36.4 Å². The smallest absolute Gasteiger partial charge is 0.270 e. The van der Waals surface area contributed by atoms with Crippen LogP contribution < -0.4 is 16.2 Å². The first-order chi connectivity index (χ1) is 11.4. The molecule has 3 N–H and O–H groups in total. The van der Waals surface area contributed by atoms with Crippen LogP contribution in [0.2, 0.25) is 0 Å². The molecule has 6 heteroatoms. The van der Waals surface area contributed by atoms with Gasteiger partial charge in [0, 0.05) is 11.3 Å². The van der Waals surface area contributed by atoms with Crippen molar-refractivity contribution >= 4 is 17.5 Å². The van der Waals surface area contributed by atoms with E-state index < -0.39 is 17.6 Å². The normalized spacial score (nSPS) is 10.2. The second-order valence-electron chi connectivity index (χ2n) is 5.63. The molecular formula is C18H20FN3O2. The van der Waals surface area contributed by atoms with Gasteiger partial charge in [-0.15, -0.1) is 0 Å². The van der Waals surface area contributed by atoms with E-state index in [-0.39, 0.29) is 12.1 Å². The Morgan fingerprint density at radius 2 is 1.71 bits per heavy atom. The van der Waals surface area contributed by atoms with Crippen molar-refractivity contribution in [3.8, 4) is 0 Å². The first kappa shape index (κ1) is 17.5. The molecular weight excluding hydrogens is 309 g/mol. The van der Waals surface area contributed by atoms with Crippen LogP contribution in [0, 0.1) is 26.6 Å². The summed E-state index contributed by atoms with van der Waals surface area (Å²) >= 11 is 0. The first-order valence-electron chi connectivity index (χ1n) is 7.53. The van der Waals surface area contributed by atoms with Gasteiger partial charge in [0.15, 0.2) is 0 Å². The van der Waals surface area contributed by atoms with E-state index in [9.17, 15) is 14.0 Å².